The molecule has 4 nitrogen and oxygen atoms in total. The SMILES string of the molecule is CC(C)(N)CCc1nc(-c2ccc(F)c(Cl)c2)no1. The second-order valence-corrected chi connectivity index (χ2v) is 5.54. The Morgan fingerprint density at radius 3 is 2.79 bits per heavy atom. The minimum atomic E-state index is -0.473. The first-order valence-corrected chi connectivity index (χ1v) is 6.30. The number of halogens is 2. The molecule has 2 rings (SSSR count). The van der Waals surface area contributed by atoms with Crippen molar-refractivity contribution in [1.82, 2.24) is 10.1 Å². The van der Waals surface area contributed by atoms with Gasteiger partial charge in [0, 0.05) is 17.5 Å². The minimum absolute atomic E-state index is 0.0342. The van der Waals surface area contributed by atoms with Gasteiger partial charge in [-0.1, -0.05) is 16.8 Å². The summed E-state index contributed by atoms with van der Waals surface area (Å²) in [5, 5.41) is 3.88. The van der Waals surface area contributed by atoms with Crippen molar-refractivity contribution in [2.24, 2.45) is 5.73 Å². The quantitative estimate of drug-likeness (QED) is 0.936. The molecule has 2 N–H and O–H groups in total. The lowest BCUT2D eigenvalue weighted by molar-refractivity contribution is 0.358. The normalized spacial score (nSPS) is 11.8. The van der Waals surface area contributed by atoms with Crippen LogP contribution in [0.5, 0.6) is 0 Å². The lowest BCUT2D eigenvalue weighted by atomic mass is 10.0. The third-order valence-corrected chi connectivity index (χ3v) is 2.92. The first-order valence-electron chi connectivity index (χ1n) is 5.92. The van der Waals surface area contributed by atoms with Gasteiger partial charge in [-0.2, -0.15) is 4.98 Å². The van der Waals surface area contributed by atoms with Crippen molar-refractivity contribution in [1.29, 1.82) is 0 Å². The van der Waals surface area contributed by atoms with Gasteiger partial charge >= 0.3 is 0 Å². The molecule has 0 unspecified atom stereocenters. The summed E-state index contributed by atoms with van der Waals surface area (Å²) in [4.78, 5) is 4.24. The molecule has 1 aromatic heterocycles. The van der Waals surface area contributed by atoms with Crippen molar-refractivity contribution in [3.63, 3.8) is 0 Å². The van der Waals surface area contributed by atoms with E-state index in [4.69, 9.17) is 21.9 Å². The molecule has 0 saturated carbocycles. The van der Waals surface area contributed by atoms with Gasteiger partial charge in [0.1, 0.15) is 5.82 Å². The van der Waals surface area contributed by atoms with E-state index in [0.29, 0.717) is 23.7 Å². The summed E-state index contributed by atoms with van der Waals surface area (Å²) < 4.78 is 18.2. The third kappa shape index (κ3) is 3.75. The summed E-state index contributed by atoms with van der Waals surface area (Å²) in [6, 6.07) is 4.30. The van der Waals surface area contributed by atoms with E-state index in [1.54, 1.807) is 6.07 Å². The van der Waals surface area contributed by atoms with Crippen LogP contribution in [0.2, 0.25) is 5.02 Å². The van der Waals surface area contributed by atoms with Gasteiger partial charge in [0.15, 0.2) is 0 Å². The number of aromatic nitrogens is 2. The van der Waals surface area contributed by atoms with Crippen molar-refractivity contribution in [3.8, 4) is 11.4 Å². The molecule has 1 heterocycles. The van der Waals surface area contributed by atoms with E-state index >= 15 is 0 Å². The van der Waals surface area contributed by atoms with Gasteiger partial charge in [0.2, 0.25) is 11.7 Å². The molecule has 0 spiro atoms. The van der Waals surface area contributed by atoms with Crippen LogP contribution in [-0.2, 0) is 6.42 Å². The molecular formula is C13H15ClFN3O. The molecule has 0 aliphatic carbocycles. The van der Waals surface area contributed by atoms with Crippen molar-refractivity contribution in [2.75, 3.05) is 0 Å². The molecule has 6 heteroatoms. The van der Waals surface area contributed by atoms with Gasteiger partial charge in [-0.05, 0) is 38.5 Å². The Kier molecular flexibility index (Phi) is 3.87. The number of nitrogens with two attached hydrogens (primary N) is 1. The zero-order valence-corrected chi connectivity index (χ0v) is 11.5. The largest absolute Gasteiger partial charge is 0.339 e. The standard InChI is InChI=1S/C13H15ClFN3O/c1-13(2,16)6-5-11-17-12(18-19-11)8-3-4-10(15)9(14)7-8/h3-4,7H,5-6,16H2,1-2H3. The van der Waals surface area contributed by atoms with Gasteiger partial charge in [0.25, 0.3) is 0 Å². The van der Waals surface area contributed by atoms with E-state index in [1.807, 2.05) is 13.8 Å². The second-order valence-electron chi connectivity index (χ2n) is 5.13. The molecule has 0 bridgehead atoms. The van der Waals surface area contributed by atoms with Crippen LogP contribution in [0.3, 0.4) is 0 Å². The van der Waals surface area contributed by atoms with Crippen LogP contribution in [0.15, 0.2) is 22.7 Å². The summed E-state index contributed by atoms with van der Waals surface area (Å²) in [6.45, 7) is 3.87. The Bertz CT molecular complexity index is 578. The molecule has 0 amide bonds. The van der Waals surface area contributed by atoms with Crippen molar-refractivity contribution in [3.05, 3.63) is 34.9 Å². The van der Waals surface area contributed by atoms with Crippen LogP contribution in [0.1, 0.15) is 26.2 Å². The van der Waals surface area contributed by atoms with Gasteiger partial charge < -0.3 is 10.3 Å². The van der Waals surface area contributed by atoms with Gasteiger partial charge in [-0.25, -0.2) is 4.39 Å². The third-order valence-electron chi connectivity index (χ3n) is 2.63. The molecule has 0 saturated heterocycles. The highest BCUT2D eigenvalue weighted by molar-refractivity contribution is 6.31. The number of rotatable bonds is 4. The van der Waals surface area contributed by atoms with Crippen LogP contribution >= 0.6 is 11.6 Å². The highest BCUT2D eigenvalue weighted by Crippen LogP contribution is 2.23. The van der Waals surface area contributed by atoms with Crippen LogP contribution in [0, 0.1) is 5.82 Å². The number of nitrogens with zero attached hydrogens (tertiary/aromatic N) is 2. The summed E-state index contributed by atoms with van der Waals surface area (Å²) in [5.41, 5.74) is 6.22. The molecule has 19 heavy (non-hydrogen) atoms. The average Bonchev–Trinajstić information content (AvgIpc) is 2.78. The van der Waals surface area contributed by atoms with Gasteiger partial charge in [0.05, 0.1) is 5.02 Å². The Labute approximate surface area is 115 Å². The lowest BCUT2D eigenvalue weighted by Crippen LogP contribution is -2.32. The Hall–Kier alpha value is -1.46. The van der Waals surface area contributed by atoms with Gasteiger partial charge in [-0.3, -0.25) is 0 Å². The zero-order valence-electron chi connectivity index (χ0n) is 10.8. The highest BCUT2D eigenvalue weighted by atomic mass is 35.5. The fourth-order valence-corrected chi connectivity index (χ4v) is 1.72. The Morgan fingerprint density at radius 1 is 1.42 bits per heavy atom. The predicted molar refractivity (Wildman–Crippen MR) is 71.3 cm³/mol. The first kappa shape index (κ1) is 14.0. The molecule has 0 atom stereocenters. The van der Waals surface area contributed by atoms with E-state index in [0.717, 1.165) is 6.42 Å². The average molecular weight is 284 g/mol. The molecule has 102 valence electrons. The maximum Gasteiger partial charge on any atom is 0.227 e. The Balaban J connectivity index is 2.14. The van der Waals surface area contributed by atoms with Crippen molar-refractivity contribution in [2.45, 2.75) is 32.2 Å². The smallest absolute Gasteiger partial charge is 0.227 e. The number of aryl methyl sites for hydroxylation is 1. The van der Waals surface area contributed by atoms with E-state index in [-0.39, 0.29) is 10.6 Å². The summed E-state index contributed by atoms with van der Waals surface area (Å²) in [6.07, 6.45) is 1.34. The molecule has 0 radical (unpaired) electrons. The molecule has 0 aliphatic heterocycles. The predicted octanol–water partition coefficient (Wildman–Crippen LogP) is 3.20. The van der Waals surface area contributed by atoms with E-state index in [9.17, 15) is 4.39 Å². The van der Waals surface area contributed by atoms with E-state index in [1.165, 1.54) is 12.1 Å². The monoisotopic (exact) mass is 283 g/mol. The Morgan fingerprint density at radius 2 is 2.16 bits per heavy atom. The first-order chi connectivity index (χ1) is 8.85. The minimum Gasteiger partial charge on any atom is -0.339 e. The highest BCUT2D eigenvalue weighted by Gasteiger charge is 2.15. The van der Waals surface area contributed by atoms with Crippen LogP contribution in [0.25, 0.3) is 11.4 Å². The molecule has 0 fully saturated rings. The van der Waals surface area contributed by atoms with Crippen molar-refractivity contribution < 1.29 is 8.91 Å². The summed E-state index contributed by atoms with van der Waals surface area (Å²) in [7, 11) is 0. The number of hydrogen-bond acceptors (Lipinski definition) is 4. The molecule has 1 aromatic carbocycles. The summed E-state index contributed by atoms with van der Waals surface area (Å²) in [5.74, 6) is 0.430. The fourth-order valence-electron chi connectivity index (χ4n) is 1.54. The molecule has 0 aliphatic rings. The molecule has 2 aromatic rings. The second kappa shape index (κ2) is 5.27. The number of hydrogen-bond donors (Lipinski definition) is 1. The van der Waals surface area contributed by atoms with E-state index < -0.39 is 5.82 Å². The summed E-state index contributed by atoms with van der Waals surface area (Å²) >= 11 is 5.71. The number of benzene rings is 1. The van der Waals surface area contributed by atoms with E-state index in [2.05, 4.69) is 10.1 Å². The van der Waals surface area contributed by atoms with Crippen molar-refractivity contribution >= 4 is 11.6 Å². The van der Waals surface area contributed by atoms with Crippen LogP contribution in [0.4, 0.5) is 4.39 Å². The zero-order chi connectivity index (χ0) is 14.0. The fraction of sp³-hybridized carbons (Fsp3) is 0.385. The van der Waals surface area contributed by atoms with Crippen LogP contribution < -0.4 is 5.73 Å². The maximum absolute atomic E-state index is 13.1. The molecular weight excluding hydrogens is 269 g/mol. The van der Waals surface area contributed by atoms with Crippen LogP contribution in [-0.4, -0.2) is 15.7 Å². The lowest BCUT2D eigenvalue weighted by Gasteiger charge is -2.16. The maximum atomic E-state index is 13.1. The van der Waals surface area contributed by atoms with Gasteiger partial charge in [-0.15, -0.1) is 0 Å². The topological polar surface area (TPSA) is 64.9 Å².